The van der Waals surface area contributed by atoms with E-state index in [-0.39, 0.29) is 23.8 Å². The van der Waals surface area contributed by atoms with Crippen molar-refractivity contribution in [2.75, 3.05) is 30.3 Å². The van der Waals surface area contributed by atoms with Crippen molar-refractivity contribution in [3.63, 3.8) is 0 Å². The van der Waals surface area contributed by atoms with Crippen LogP contribution >= 0.6 is 11.3 Å². The van der Waals surface area contributed by atoms with Crippen molar-refractivity contribution >= 4 is 33.3 Å². The third kappa shape index (κ3) is 4.46. The highest BCUT2D eigenvalue weighted by atomic mass is 32.1. The Morgan fingerprint density at radius 2 is 2.00 bits per heavy atom. The van der Waals surface area contributed by atoms with Crippen LogP contribution in [0.15, 0.2) is 29.1 Å². The molecule has 0 bridgehead atoms. The number of piperidine rings is 1. The SMILES string of the molecule is O=c1[nH]c(NC2CCCNC2)nc(NC2CC(CO)C(O)C2O)c1-c1nc2ccccc2s1. The summed E-state index contributed by atoms with van der Waals surface area (Å²) in [6.45, 7) is 1.52. The molecule has 1 saturated carbocycles. The number of anilines is 2. The molecule has 2 fully saturated rings. The summed E-state index contributed by atoms with van der Waals surface area (Å²) in [5, 5.41) is 40.6. The van der Waals surface area contributed by atoms with Gasteiger partial charge < -0.3 is 31.3 Å². The van der Waals surface area contributed by atoms with Crippen LogP contribution in [0.1, 0.15) is 19.3 Å². The number of thiazole rings is 1. The van der Waals surface area contributed by atoms with Crippen LogP contribution in [0.3, 0.4) is 0 Å². The van der Waals surface area contributed by atoms with Gasteiger partial charge in [0.05, 0.1) is 22.4 Å². The summed E-state index contributed by atoms with van der Waals surface area (Å²) in [6, 6.07) is 7.22. The molecule has 176 valence electrons. The number of hydrogen-bond donors (Lipinski definition) is 7. The fourth-order valence-electron chi connectivity index (χ4n) is 4.62. The Morgan fingerprint density at radius 1 is 1.15 bits per heavy atom. The molecule has 3 heterocycles. The molecule has 5 rings (SSSR count). The number of benzene rings is 1. The van der Waals surface area contributed by atoms with Gasteiger partial charge in [0.2, 0.25) is 5.95 Å². The van der Waals surface area contributed by atoms with E-state index in [1.54, 1.807) is 0 Å². The second kappa shape index (κ2) is 9.35. The standard InChI is InChI=1S/C22H28N6O4S/c29-10-11-8-14(18(31)17(11)30)25-19-16(21-26-13-5-1-2-6-15(13)33-21)20(32)28-22(27-19)24-12-4-3-7-23-9-12/h1-2,5-6,11-12,14,17-18,23,29-31H,3-4,7-10H2,(H3,24,25,27,28,32). The van der Waals surface area contributed by atoms with Gasteiger partial charge in [0.25, 0.3) is 5.56 Å². The molecule has 1 aliphatic heterocycles. The zero-order chi connectivity index (χ0) is 22.9. The quantitative estimate of drug-likeness (QED) is 0.275. The summed E-state index contributed by atoms with van der Waals surface area (Å²) in [5.74, 6) is 0.183. The molecule has 11 heteroatoms. The van der Waals surface area contributed by atoms with Crippen LogP contribution in [0.4, 0.5) is 11.8 Å². The first-order chi connectivity index (χ1) is 16.0. The maximum Gasteiger partial charge on any atom is 0.264 e. The number of rotatable bonds is 6. The summed E-state index contributed by atoms with van der Waals surface area (Å²) in [7, 11) is 0. The zero-order valence-electron chi connectivity index (χ0n) is 18.0. The second-order valence-corrected chi connectivity index (χ2v) is 9.75. The summed E-state index contributed by atoms with van der Waals surface area (Å²) in [6.07, 6.45) is 0.204. The maximum absolute atomic E-state index is 13.2. The molecule has 3 aromatic rings. The average Bonchev–Trinajstić information content (AvgIpc) is 3.35. The van der Waals surface area contributed by atoms with Gasteiger partial charge in [-0.2, -0.15) is 4.98 Å². The lowest BCUT2D eigenvalue weighted by molar-refractivity contribution is 0.00446. The fraction of sp³-hybridized carbons (Fsp3) is 0.500. The molecule has 10 nitrogen and oxygen atoms in total. The van der Waals surface area contributed by atoms with Crippen molar-refractivity contribution in [1.29, 1.82) is 0 Å². The first-order valence-electron chi connectivity index (χ1n) is 11.2. The van der Waals surface area contributed by atoms with Gasteiger partial charge in [-0.25, -0.2) is 4.98 Å². The number of hydrogen-bond acceptors (Lipinski definition) is 10. The minimum absolute atomic E-state index is 0.140. The van der Waals surface area contributed by atoms with E-state index < -0.39 is 24.2 Å². The molecular formula is C22H28N6O4S. The predicted molar refractivity (Wildman–Crippen MR) is 128 cm³/mol. The summed E-state index contributed by atoms with van der Waals surface area (Å²) >= 11 is 1.39. The van der Waals surface area contributed by atoms with Gasteiger partial charge in [-0.3, -0.25) is 9.78 Å². The van der Waals surface area contributed by atoms with Gasteiger partial charge in [-0.05, 0) is 37.9 Å². The lowest BCUT2D eigenvalue weighted by Crippen LogP contribution is -2.39. The number of aliphatic hydroxyl groups is 3. The molecule has 0 radical (unpaired) electrons. The van der Waals surface area contributed by atoms with Gasteiger partial charge >= 0.3 is 0 Å². The van der Waals surface area contributed by atoms with Crippen LogP contribution in [0.5, 0.6) is 0 Å². The number of aliphatic hydroxyl groups excluding tert-OH is 3. The minimum atomic E-state index is -1.09. The Labute approximate surface area is 194 Å². The van der Waals surface area contributed by atoms with Gasteiger partial charge in [-0.15, -0.1) is 11.3 Å². The largest absolute Gasteiger partial charge is 0.396 e. The molecule has 1 aliphatic carbocycles. The van der Waals surface area contributed by atoms with Crippen LogP contribution in [0, 0.1) is 5.92 Å². The first-order valence-corrected chi connectivity index (χ1v) is 12.1. The van der Waals surface area contributed by atoms with Gasteiger partial charge in [0, 0.05) is 25.1 Å². The van der Waals surface area contributed by atoms with Crippen molar-refractivity contribution in [2.24, 2.45) is 5.92 Å². The Bertz CT molecular complexity index is 1140. The molecular weight excluding hydrogens is 444 g/mol. The number of aromatic amines is 1. The van der Waals surface area contributed by atoms with E-state index in [4.69, 9.17) is 0 Å². The first kappa shape index (κ1) is 22.2. The Kier molecular flexibility index (Phi) is 6.30. The Morgan fingerprint density at radius 3 is 2.73 bits per heavy atom. The normalized spacial score (nSPS) is 27.7. The van der Waals surface area contributed by atoms with Crippen LogP contribution in [0.2, 0.25) is 0 Å². The number of para-hydroxylation sites is 1. The van der Waals surface area contributed by atoms with Crippen molar-refractivity contribution in [3.05, 3.63) is 34.6 Å². The van der Waals surface area contributed by atoms with E-state index in [2.05, 4.69) is 30.9 Å². The third-order valence-corrected chi connectivity index (χ3v) is 7.48. The summed E-state index contributed by atoms with van der Waals surface area (Å²) in [5.41, 5.74) is 0.734. The molecule has 5 unspecified atom stereocenters. The molecule has 2 aromatic heterocycles. The topological polar surface area (TPSA) is 155 Å². The highest BCUT2D eigenvalue weighted by Gasteiger charge is 2.41. The van der Waals surface area contributed by atoms with E-state index in [1.165, 1.54) is 11.3 Å². The van der Waals surface area contributed by atoms with E-state index >= 15 is 0 Å². The van der Waals surface area contributed by atoms with E-state index in [0.717, 1.165) is 36.1 Å². The third-order valence-electron chi connectivity index (χ3n) is 6.42. The molecule has 33 heavy (non-hydrogen) atoms. The molecule has 2 aliphatic rings. The monoisotopic (exact) mass is 472 g/mol. The lowest BCUT2D eigenvalue weighted by Gasteiger charge is -2.25. The number of nitrogens with zero attached hydrogens (tertiary/aromatic N) is 2. The second-order valence-electron chi connectivity index (χ2n) is 8.72. The van der Waals surface area contributed by atoms with Gasteiger partial charge in [0.1, 0.15) is 22.5 Å². The predicted octanol–water partition coefficient (Wildman–Crippen LogP) is 0.725. The highest BCUT2D eigenvalue weighted by Crippen LogP contribution is 2.34. The molecule has 1 aromatic carbocycles. The lowest BCUT2D eigenvalue weighted by atomic mass is 10.1. The number of H-pyrrole nitrogens is 1. The maximum atomic E-state index is 13.2. The van der Waals surface area contributed by atoms with Crippen LogP contribution in [-0.4, -0.2) is 74.3 Å². The smallest absolute Gasteiger partial charge is 0.264 e. The number of nitrogens with one attached hydrogen (secondary N) is 4. The summed E-state index contributed by atoms with van der Waals surface area (Å²) in [4.78, 5) is 25.4. The van der Waals surface area contributed by atoms with Crippen molar-refractivity contribution < 1.29 is 15.3 Å². The number of fused-ring (bicyclic) bond motifs is 1. The average molecular weight is 473 g/mol. The highest BCUT2D eigenvalue weighted by molar-refractivity contribution is 7.21. The number of aromatic nitrogens is 3. The molecule has 1 saturated heterocycles. The van der Waals surface area contributed by atoms with E-state index in [1.807, 2.05) is 24.3 Å². The summed E-state index contributed by atoms with van der Waals surface area (Å²) < 4.78 is 0.949. The fourth-order valence-corrected chi connectivity index (χ4v) is 5.62. The Balaban J connectivity index is 1.53. The van der Waals surface area contributed by atoms with Crippen LogP contribution in [0.25, 0.3) is 20.8 Å². The van der Waals surface area contributed by atoms with Crippen molar-refractivity contribution in [3.8, 4) is 10.6 Å². The molecule has 5 atom stereocenters. The van der Waals surface area contributed by atoms with Crippen molar-refractivity contribution in [2.45, 2.75) is 43.6 Å². The molecule has 0 amide bonds. The van der Waals surface area contributed by atoms with E-state index in [0.29, 0.717) is 23.2 Å². The molecule has 7 N–H and O–H groups in total. The van der Waals surface area contributed by atoms with Crippen LogP contribution < -0.4 is 21.5 Å². The van der Waals surface area contributed by atoms with Gasteiger partial charge in [0.15, 0.2) is 0 Å². The Hall–Kier alpha value is -2.57. The van der Waals surface area contributed by atoms with Crippen molar-refractivity contribution in [1.82, 2.24) is 20.3 Å². The van der Waals surface area contributed by atoms with Crippen LogP contribution in [-0.2, 0) is 0 Å². The minimum Gasteiger partial charge on any atom is -0.396 e. The van der Waals surface area contributed by atoms with Gasteiger partial charge in [-0.1, -0.05) is 12.1 Å². The van der Waals surface area contributed by atoms with E-state index in [9.17, 15) is 20.1 Å². The molecule has 0 spiro atoms. The zero-order valence-corrected chi connectivity index (χ0v) is 18.8.